The van der Waals surface area contributed by atoms with Gasteiger partial charge in [0.15, 0.2) is 5.96 Å². The minimum Gasteiger partial charge on any atom is -0.356 e. The fraction of sp³-hybridized carbons (Fsp3) is 0.412. The molecule has 0 saturated heterocycles. The van der Waals surface area contributed by atoms with Gasteiger partial charge in [-0.2, -0.15) is 0 Å². The van der Waals surface area contributed by atoms with E-state index < -0.39 is 0 Å². The van der Waals surface area contributed by atoms with Crippen molar-refractivity contribution in [1.82, 2.24) is 15.6 Å². The van der Waals surface area contributed by atoms with E-state index >= 15 is 0 Å². The van der Waals surface area contributed by atoms with Crippen molar-refractivity contribution in [2.45, 2.75) is 26.7 Å². The number of thiazole rings is 1. The third kappa shape index (κ3) is 7.30. The normalized spacial score (nSPS) is 11.0. The van der Waals surface area contributed by atoms with Gasteiger partial charge in [0, 0.05) is 31.9 Å². The summed E-state index contributed by atoms with van der Waals surface area (Å²) < 4.78 is 0. The Hall–Kier alpha value is -1.15. The minimum absolute atomic E-state index is 0. The maximum Gasteiger partial charge on any atom is 0.190 e. The summed E-state index contributed by atoms with van der Waals surface area (Å²) in [5.41, 5.74) is 3.78. The molecule has 0 atom stereocenters. The first-order valence-electron chi connectivity index (χ1n) is 7.58. The molecule has 2 N–H and O–H groups in total. The average Bonchev–Trinajstić information content (AvgIpc) is 2.93. The first-order valence-corrected chi connectivity index (χ1v) is 8.46. The number of hydrogen-bond donors (Lipinski definition) is 2. The van der Waals surface area contributed by atoms with Crippen molar-refractivity contribution in [3.8, 4) is 0 Å². The molecule has 2 aromatic rings. The SMILES string of the molecule is CN=C(NCCc1ccc(C)cc1)NCCc1csc(C)n1.I. The van der Waals surface area contributed by atoms with Crippen LogP contribution in [-0.4, -0.2) is 31.1 Å². The lowest BCUT2D eigenvalue weighted by atomic mass is 10.1. The number of nitrogens with zero attached hydrogens (tertiary/aromatic N) is 2. The van der Waals surface area contributed by atoms with E-state index in [1.54, 1.807) is 18.4 Å². The van der Waals surface area contributed by atoms with Crippen LogP contribution in [-0.2, 0) is 12.8 Å². The zero-order valence-corrected chi connectivity index (χ0v) is 17.1. The van der Waals surface area contributed by atoms with Gasteiger partial charge in [0.1, 0.15) is 0 Å². The van der Waals surface area contributed by atoms with Crippen molar-refractivity contribution >= 4 is 41.3 Å². The van der Waals surface area contributed by atoms with E-state index in [2.05, 4.69) is 57.2 Å². The van der Waals surface area contributed by atoms with E-state index in [0.29, 0.717) is 0 Å². The third-order valence-electron chi connectivity index (χ3n) is 3.39. The summed E-state index contributed by atoms with van der Waals surface area (Å²) in [7, 11) is 1.80. The van der Waals surface area contributed by atoms with Crippen LogP contribution in [0, 0.1) is 13.8 Å². The van der Waals surface area contributed by atoms with E-state index in [9.17, 15) is 0 Å². The van der Waals surface area contributed by atoms with Gasteiger partial charge in [-0.25, -0.2) is 4.98 Å². The number of benzene rings is 1. The Morgan fingerprint density at radius 2 is 1.74 bits per heavy atom. The monoisotopic (exact) mass is 444 g/mol. The molecule has 0 aliphatic carbocycles. The van der Waals surface area contributed by atoms with Crippen LogP contribution >= 0.6 is 35.3 Å². The minimum atomic E-state index is 0. The molecule has 23 heavy (non-hydrogen) atoms. The highest BCUT2D eigenvalue weighted by molar-refractivity contribution is 14.0. The summed E-state index contributed by atoms with van der Waals surface area (Å²) in [4.78, 5) is 8.71. The zero-order chi connectivity index (χ0) is 15.8. The zero-order valence-electron chi connectivity index (χ0n) is 13.9. The Morgan fingerprint density at radius 1 is 1.09 bits per heavy atom. The van der Waals surface area contributed by atoms with Gasteiger partial charge in [-0.15, -0.1) is 35.3 Å². The largest absolute Gasteiger partial charge is 0.356 e. The second kappa shape index (κ2) is 10.6. The van der Waals surface area contributed by atoms with Crippen molar-refractivity contribution in [2.24, 2.45) is 4.99 Å². The molecule has 4 nitrogen and oxygen atoms in total. The topological polar surface area (TPSA) is 49.3 Å². The van der Waals surface area contributed by atoms with Crippen LogP contribution in [0.1, 0.15) is 21.8 Å². The summed E-state index contributed by atoms with van der Waals surface area (Å²) in [6.07, 6.45) is 1.91. The number of guanidine groups is 1. The number of aryl methyl sites for hydroxylation is 2. The Labute approximate surface area is 159 Å². The van der Waals surface area contributed by atoms with E-state index in [4.69, 9.17) is 0 Å². The first-order chi connectivity index (χ1) is 10.7. The van der Waals surface area contributed by atoms with Gasteiger partial charge in [-0.3, -0.25) is 4.99 Å². The highest BCUT2D eigenvalue weighted by atomic mass is 127. The Morgan fingerprint density at radius 3 is 2.30 bits per heavy atom. The Kier molecular flexibility index (Phi) is 9.16. The molecule has 0 unspecified atom stereocenters. The Bertz CT molecular complexity index is 607. The van der Waals surface area contributed by atoms with Gasteiger partial charge in [0.05, 0.1) is 10.7 Å². The quantitative estimate of drug-likeness (QED) is 0.408. The van der Waals surface area contributed by atoms with E-state index in [1.165, 1.54) is 11.1 Å². The third-order valence-corrected chi connectivity index (χ3v) is 4.21. The molecule has 2 rings (SSSR count). The number of rotatable bonds is 6. The molecule has 0 aliphatic rings. The fourth-order valence-corrected chi connectivity index (χ4v) is 2.78. The molecule has 126 valence electrons. The summed E-state index contributed by atoms with van der Waals surface area (Å²) >= 11 is 1.70. The molecule has 0 saturated carbocycles. The predicted molar refractivity (Wildman–Crippen MR) is 110 cm³/mol. The maximum atomic E-state index is 4.46. The molecule has 1 aromatic heterocycles. The predicted octanol–water partition coefficient (Wildman–Crippen LogP) is 3.33. The van der Waals surface area contributed by atoms with Crippen molar-refractivity contribution in [3.05, 3.63) is 51.5 Å². The number of hydrogen-bond acceptors (Lipinski definition) is 3. The lowest BCUT2D eigenvalue weighted by Crippen LogP contribution is -2.39. The fourth-order valence-electron chi connectivity index (χ4n) is 2.13. The van der Waals surface area contributed by atoms with Crippen LogP contribution in [0.25, 0.3) is 0 Å². The molecular formula is C17H25IN4S. The van der Waals surface area contributed by atoms with Crippen molar-refractivity contribution in [1.29, 1.82) is 0 Å². The Balaban J connectivity index is 0.00000264. The number of aromatic nitrogens is 1. The standard InChI is InChI=1S/C17H24N4S.HI/c1-13-4-6-15(7-5-13)8-10-19-17(18-3)20-11-9-16-12-22-14(2)21-16;/h4-7,12H,8-11H2,1-3H3,(H2,18,19,20);1H. The van der Waals surface area contributed by atoms with E-state index in [0.717, 1.165) is 42.6 Å². The highest BCUT2D eigenvalue weighted by Gasteiger charge is 2.00. The molecule has 0 spiro atoms. The molecule has 0 bridgehead atoms. The lowest BCUT2D eigenvalue weighted by molar-refractivity contribution is 0.777. The van der Waals surface area contributed by atoms with Gasteiger partial charge in [0.25, 0.3) is 0 Å². The van der Waals surface area contributed by atoms with Crippen LogP contribution in [0.3, 0.4) is 0 Å². The van der Waals surface area contributed by atoms with Gasteiger partial charge < -0.3 is 10.6 Å². The van der Waals surface area contributed by atoms with Gasteiger partial charge in [-0.05, 0) is 25.8 Å². The van der Waals surface area contributed by atoms with Crippen LogP contribution < -0.4 is 10.6 Å². The maximum absolute atomic E-state index is 4.46. The second-order valence-corrected chi connectivity index (χ2v) is 6.33. The van der Waals surface area contributed by atoms with Gasteiger partial charge >= 0.3 is 0 Å². The molecule has 0 amide bonds. The molecular weight excluding hydrogens is 419 g/mol. The smallest absolute Gasteiger partial charge is 0.190 e. The van der Waals surface area contributed by atoms with E-state index in [-0.39, 0.29) is 24.0 Å². The van der Waals surface area contributed by atoms with Gasteiger partial charge in [-0.1, -0.05) is 29.8 Å². The summed E-state index contributed by atoms with van der Waals surface area (Å²) in [6, 6.07) is 8.66. The molecule has 1 aromatic carbocycles. The summed E-state index contributed by atoms with van der Waals surface area (Å²) in [5, 5.41) is 9.91. The highest BCUT2D eigenvalue weighted by Crippen LogP contribution is 2.07. The number of nitrogens with one attached hydrogen (secondary N) is 2. The summed E-state index contributed by atoms with van der Waals surface area (Å²) in [5.74, 6) is 0.846. The molecule has 1 heterocycles. The van der Waals surface area contributed by atoms with E-state index in [1.807, 2.05) is 6.92 Å². The molecule has 0 radical (unpaired) electrons. The molecule has 0 fully saturated rings. The first kappa shape index (κ1) is 19.9. The number of halogens is 1. The van der Waals surface area contributed by atoms with Gasteiger partial charge in [0.2, 0.25) is 0 Å². The number of aliphatic imine (C=N–C) groups is 1. The van der Waals surface area contributed by atoms with Crippen molar-refractivity contribution < 1.29 is 0 Å². The van der Waals surface area contributed by atoms with Crippen molar-refractivity contribution in [3.63, 3.8) is 0 Å². The van der Waals surface area contributed by atoms with Crippen LogP contribution in [0.2, 0.25) is 0 Å². The summed E-state index contributed by atoms with van der Waals surface area (Å²) in [6.45, 7) is 5.86. The van der Waals surface area contributed by atoms with Crippen LogP contribution in [0.15, 0.2) is 34.6 Å². The van der Waals surface area contributed by atoms with Crippen LogP contribution in [0.5, 0.6) is 0 Å². The lowest BCUT2D eigenvalue weighted by Gasteiger charge is -2.11. The average molecular weight is 444 g/mol. The second-order valence-electron chi connectivity index (χ2n) is 5.27. The van der Waals surface area contributed by atoms with Crippen LogP contribution in [0.4, 0.5) is 0 Å². The molecule has 6 heteroatoms. The van der Waals surface area contributed by atoms with Crippen molar-refractivity contribution in [2.75, 3.05) is 20.1 Å². The molecule has 0 aliphatic heterocycles.